The molecule has 1 heterocycles. The largest absolute Gasteiger partial charge is 0.441 e. The number of fused-ring (bicyclic) bond motifs is 1. The molecule has 0 bridgehead atoms. The Bertz CT molecular complexity index is 548. The first-order valence-corrected chi connectivity index (χ1v) is 5.85. The first-order chi connectivity index (χ1) is 8.69. The number of aryl methyl sites for hydroxylation is 1. The van der Waals surface area contributed by atoms with Crippen LogP contribution in [-0.2, 0) is 9.53 Å². The van der Waals surface area contributed by atoms with E-state index in [0.717, 1.165) is 11.2 Å². The summed E-state index contributed by atoms with van der Waals surface area (Å²) in [5, 5.41) is 2.82. The summed E-state index contributed by atoms with van der Waals surface area (Å²) in [7, 11) is 1.62. The number of rotatable bonds is 5. The van der Waals surface area contributed by atoms with Crippen LogP contribution in [0.1, 0.15) is 18.7 Å². The number of methoxy groups -OCH3 is 1. The molecule has 5 nitrogen and oxygen atoms in total. The lowest BCUT2D eigenvalue weighted by Crippen LogP contribution is -2.11. The maximum atomic E-state index is 11.6. The van der Waals surface area contributed by atoms with Crippen LogP contribution >= 0.6 is 0 Å². The highest BCUT2D eigenvalue weighted by atomic mass is 16.5. The van der Waals surface area contributed by atoms with Gasteiger partial charge in [-0.3, -0.25) is 4.79 Å². The van der Waals surface area contributed by atoms with E-state index < -0.39 is 0 Å². The van der Waals surface area contributed by atoms with E-state index in [4.69, 9.17) is 9.15 Å². The minimum atomic E-state index is -0.0253. The van der Waals surface area contributed by atoms with E-state index in [1.807, 2.05) is 12.1 Å². The van der Waals surface area contributed by atoms with Crippen LogP contribution in [0.25, 0.3) is 11.1 Å². The van der Waals surface area contributed by atoms with Crippen LogP contribution in [0.3, 0.4) is 0 Å². The molecule has 5 heteroatoms. The molecule has 0 radical (unpaired) electrons. The van der Waals surface area contributed by atoms with Gasteiger partial charge in [0.2, 0.25) is 5.91 Å². The van der Waals surface area contributed by atoms with Gasteiger partial charge < -0.3 is 14.5 Å². The zero-order valence-electron chi connectivity index (χ0n) is 10.5. The second kappa shape index (κ2) is 5.64. The highest BCUT2D eigenvalue weighted by Gasteiger charge is 2.06. The average Bonchev–Trinajstić information content (AvgIpc) is 2.69. The third-order valence-electron chi connectivity index (χ3n) is 2.53. The summed E-state index contributed by atoms with van der Waals surface area (Å²) in [5.74, 6) is 0.594. The van der Waals surface area contributed by atoms with Crippen molar-refractivity contribution in [2.24, 2.45) is 0 Å². The van der Waals surface area contributed by atoms with Gasteiger partial charge in [0.15, 0.2) is 11.5 Å². The van der Waals surface area contributed by atoms with E-state index in [1.165, 1.54) is 0 Å². The summed E-state index contributed by atoms with van der Waals surface area (Å²) in [5.41, 5.74) is 2.20. The minimum Gasteiger partial charge on any atom is -0.441 e. The lowest BCUT2D eigenvalue weighted by atomic mass is 10.2. The smallest absolute Gasteiger partial charge is 0.224 e. The fourth-order valence-electron chi connectivity index (χ4n) is 1.72. The van der Waals surface area contributed by atoms with Crippen LogP contribution in [0, 0.1) is 6.92 Å². The highest BCUT2D eigenvalue weighted by molar-refractivity contribution is 5.92. The Morgan fingerprint density at radius 2 is 2.33 bits per heavy atom. The fraction of sp³-hybridized carbons (Fsp3) is 0.385. The molecule has 0 unspecified atom stereocenters. The number of benzene rings is 1. The van der Waals surface area contributed by atoms with Gasteiger partial charge in [-0.25, -0.2) is 4.98 Å². The summed E-state index contributed by atoms with van der Waals surface area (Å²) in [6.07, 6.45) is 1.16. The number of hydrogen-bond donors (Lipinski definition) is 1. The van der Waals surface area contributed by atoms with Crippen molar-refractivity contribution in [2.75, 3.05) is 19.0 Å². The lowest BCUT2D eigenvalue weighted by Gasteiger charge is -2.04. The number of carbonyl (C=O) groups is 1. The number of amides is 1. The van der Waals surface area contributed by atoms with Gasteiger partial charge in [0.25, 0.3) is 0 Å². The number of aromatic nitrogens is 1. The highest BCUT2D eigenvalue weighted by Crippen LogP contribution is 2.19. The van der Waals surface area contributed by atoms with E-state index in [2.05, 4.69) is 10.3 Å². The van der Waals surface area contributed by atoms with Gasteiger partial charge in [-0.05, 0) is 18.6 Å². The molecule has 96 valence electrons. The molecule has 0 fully saturated rings. The van der Waals surface area contributed by atoms with Crippen LogP contribution in [0.4, 0.5) is 5.69 Å². The maximum absolute atomic E-state index is 11.6. The summed E-state index contributed by atoms with van der Waals surface area (Å²) in [6, 6.07) is 5.43. The summed E-state index contributed by atoms with van der Waals surface area (Å²) >= 11 is 0. The van der Waals surface area contributed by atoms with Gasteiger partial charge in [-0.15, -0.1) is 0 Å². The van der Waals surface area contributed by atoms with Crippen molar-refractivity contribution in [3.63, 3.8) is 0 Å². The molecule has 0 atom stereocenters. The number of carbonyl (C=O) groups excluding carboxylic acids is 1. The normalized spacial score (nSPS) is 10.8. The number of oxazole rings is 1. The Morgan fingerprint density at radius 1 is 1.50 bits per heavy atom. The van der Waals surface area contributed by atoms with Crippen molar-refractivity contribution < 1.29 is 13.9 Å². The number of anilines is 1. The zero-order chi connectivity index (χ0) is 13.0. The van der Waals surface area contributed by atoms with Crippen molar-refractivity contribution >= 4 is 22.7 Å². The van der Waals surface area contributed by atoms with E-state index in [0.29, 0.717) is 30.9 Å². The number of hydrogen-bond acceptors (Lipinski definition) is 4. The average molecular weight is 248 g/mol. The van der Waals surface area contributed by atoms with Crippen LogP contribution in [0.15, 0.2) is 22.6 Å². The quantitative estimate of drug-likeness (QED) is 0.826. The van der Waals surface area contributed by atoms with Crippen molar-refractivity contribution in [3.8, 4) is 0 Å². The van der Waals surface area contributed by atoms with E-state index >= 15 is 0 Å². The topological polar surface area (TPSA) is 64.4 Å². The minimum absolute atomic E-state index is 0.0253. The summed E-state index contributed by atoms with van der Waals surface area (Å²) in [4.78, 5) is 15.8. The molecule has 1 amide bonds. The Kier molecular flexibility index (Phi) is 3.94. The SMILES string of the molecule is COCCCC(=O)Nc1ccc2nc(C)oc2c1. The van der Waals surface area contributed by atoms with E-state index in [1.54, 1.807) is 20.1 Å². The molecule has 0 spiro atoms. The Hall–Kier alpha value is -1.88. The van der Waals surface area contributed by atoms with Gasteiger partial charge in [0, 0.05) is 38.8 Å². The Balaban J connectivity index is 2.00. The van der Waals surface area contributed by atoms with Crippen LogP contribution in [-0.4, -0.2) is 24.6 Å². The maximum Gasteiger partial charge on any atom is 0.224 e. The molecule has 0 aliphatic carbocycles. The molecular formula is C13H16N2O3. The molecule has 2 aromatic rings. The monoisotopic (exact) mass is 248 g/mol. The predicted molar refractivity (Wildman–Crippen MR) is 68.5 cm³/mol. The third-order valence-corrected chi connectivity index (χ3v) is 2.53. The molecule has 1 aromatic carbocycles. The lowest BCUT2D eigenvalue weighted by molar-refractivity contribution is -0.116. The van der Waals surface area contributed by atoms with Gasteiger partial charge >= 0.3 is 0 Å². The van der Waals surface area contributed by atoms with E-state index in [-0.39, 0.29) is 5.91 Å². The van der Waals surface area contributed by atoms with Crippen molar-refractivity contribution in [1.82, 2.24) is 4.98 Å². The molecule has 0 saturated heterocycles. The molecule has 0 aliphatic rings. The molecule has 1 aromatic heterocycles. The van der Waals surface area contributed by atoms with Crippen molar-refractivity contribution in [3.05, 3.63) is 24.1 Å². The molecular weight excluding hydrogens is 232 g/mol. The molecule has 0 saturated carbocycles. The van der Waals surface area contributed by atoms with Crippen molar-refractivity contribution in [2.45, 2.75) is 19.8 Å². The van der Waals surface area contributed by atoms with Gasteiger partial charge in [0.05, 0.1) is 0 Å². The van der Waals surface area contributed by atoms with Gasteiger partial charge in [0.1, 0.15) is 5.52 Å². The second-order valence-electron chi connectivity index (χ2n) is 4.06. The van der Waals surface area contributed by atoms with Crippen LogP contribution in [0.2, 0.25) is 0 Å². The Morgan fingerprint density at radius 3 is 3.11 bits per heavy atom. The first-order valence-electron chi connectivity index (χ1n) is 5.85. The Labute approximate surface area is 105 Å². The van der Waals surface area contributed by atoms with Crippen molar-refractivity contribution in [1.29, 1.82) is 0 Å². The molecule has 2 rings (SSSR count). The standard InChI is InChI=1S/C13H16N2O3/c1-9-14-11-6-5-10(8-12(11)18-9)15-13(16)4-3-7-17-2/h5-6,8H,3-4,7H2,1-2H3,(H,15,16). The third kappa shape index (κ3) is 3.07. The number of ether oxygens (including phenoxy) is 1. The molecule has 1 N–H and O–H groups in total. The summed E-state index contributed by atoms with van der Waals surface area (Å²) < 4.78 is 10.3. The van der Waals surface area contributed by atoms with Gasteiger partial charge in [-0.1, -0.05) is 0 Å². The predicted octanol–water partition coefficient (Wildman–Crippen LogP) is 2.50. The van der Waals surface area contributed by atoms with Gasteiger partial charge in [-0.2, -0.15) is 0 Å². The molecule has 0 aliphatic heterocycles. The van der Waals surface area contributed by atoms with Crippen LogP contribution in [0.5, 0.6) is 0 Å². The first kappa shape index (κ1) is 12.6. The fourth-order valence-corrected chi connectivity index (χ4v) is 1.72. The zero-order valence-corrected chi connectivity index (χ0v) is 10.5. The van der Waals surface area contributed by atoms with E-state index in [9.17, 15) is 4.79 Å². The molecule has 18 heavy (non-hydrogen) atoms. The summed E-state index contributed by atoms with van der Waals surface area (Å²) in [6.45, 7) is 2.39. The van der Waals surface area contributed by atoms with Crippen LogP contribution < -0.4 is 5.32 Å². The number of nitrogens with zero attached hydrogens (tertiary/aromatic N) is 1. The second-order valence-corrected chi connectivity index (χ2v) is 4.06. The number of nitrogens with one attached hydrogen (secondary N) is 1.